The lowest BCUT2D eigenvalue weighted by molar-refractivity contribution is -0.384. The number of methoxy groups -OCH3 is 2. The van der Waals surface area contributed by atoms with Crippen LogP contribution in [0.4, 0.5) is 5.69 Å². The van der Waals surface area contributed by atoms with Gasteiger partial charge in [0.05, 0.1) is 19.1 Å². The van der Waals surface area contributed by atoms with Crippen molar-refractivity contribution in [3.05, 3.63) is 63.7 Å². The molecule has 11 nitrogen and oxygen atoms in total. The van der Waals surface area contributed by atoms with Gasteiger partial charge in [-0.15, -0.1) is 0 Å². The van der Waals surface area contributed by atoms with E-state index in [1.807, 2.05) is 0 Å². The fourth-order valence-electron chi connectivity index (χ4n) is 2.15. The maximum Gasteiger partial charge on any atom is 0.342 e. The lowest BCUT2D eigenvalue weighted by Crippen LogP contribution is -2.43. The highest BCUT2D eigenvalue weighted by atomic mass is 16.6. The van der Waals surface area contributed by atoms with Crippen LogP contribution in [0.3, 0.4) is 0 Å². The molecule has 0 spiro atoms. The standard InChI is InChI=1S/C18H17N3O8/c1-27-13-7-8-14(15(9-13)28-2)18(24)29-10-16(22)19-20-17(23)11-3-5-12(6-4-11)21(25)26/h3-9H,10H2,1-2H3,(H,19,22)(H,20,23). The molecule has 2 aromatic rings. The molecule has 29 heavy (non-hydrogen) atoms. The molecule has 0 aromatic heterocycles. The van der Waals surface area contributed by atoms with E-state index in [9.17, 15) is 24.5 Å². The second-order valence-electron chi connectivity index (χ2n) is 5.45. The summed E-state index contributed by atoms with van der Waals surface area (Å²) < 4.78 is 15.0. The van der Waals surface area contributed by atoms with Crippen molar-refractivity contribution >= 4 is 23.5 Å². The highest BCUT2D eigenvalue weighted by Crippen LogP contribution is 2.25. The van der Waals surface area contributed by atoms with Gasteiger partial charge >= 0.3 is 5.97 Å². The number of nitrogens with one attached hydrogen (secondary N) is 2. The Morgan fingerprint density at radius 2 is 1.69 bits per heavy atom. The Balaban J connectivity index is 1.86. The topological polar surface area (TPSA) is 146 Å². The summed E-state index contributed by atoms with van der Waals surface area (Å²) in [5.41, 5.74) is 4.19. The highest BCUT2D eigenvalue weighted by molar-refractivity contribution is 5.96. The Bertz CT molecular complexity index is 927. The normalized spacial score (nSPS) is 9.86. The van der Waals surface area contributed by atoms with Gasteiger partial charge < -0.3 is 14.2 Å². The monoisotopic (exact) mass is 403 g/mol. The van der Waals surface area contributed by atoms with Crippen molar-refractivity contribution in [3.8, 4) is 11.5 Å². The van der Waals surface area contributed by atoms with Gasteiger partial charge in [0.1, 0.15) is 17.1 Å². The van der Waals surface area contributed by atoms with Crippen molar-refractivity contribution in [2.45, 2.75) is 0 Å². The summed E-state index contributed by atoms with van der Waals surface area (Å²) in [6.07, 6.45) is 0. The molecule has 0 bridgehead atoms. The zero-order chi connectivity index (χ0) is 21.4. The van der Waals surface area contributed by atoms with E-state index < -0.39 is 29.3 Å². The molecule has 0 fully saturated rings. The molecule has 152 valence electrons. The van der Waals surface area contributed by atoms with Gasteiger partial charge in [0, 0.05) is 23.8 Å². The fourth-order valence-corrected chi connectivity index (χ4v) is 2.15. The average Bonchev–Trinajstić information content (AvgIpc) is 2.75. The summed E-state index contributed by atoms with van der Waals surface area (Å²) in [4.78, 5) is 45.8. The molecule has 11 heteroatoms. The van der Waals surface area contributed by atoms with E-state index in [1.54, 1.807) is 0 Å². The lowest BCUT2D eigenvalue weighted by Gasteiger charge is -2.11. The van der Waals surface area contributed by atoms with Gasteiger partial charge in [0.25, 0.3) is 17.5 Å². The number of rotatable bonds is 7. The Morgan fingerprint density at radius 3 is 2.28 bits per heavy atom. The van der Waals surface area contributed by atoms with Crippen LogP contribution in [-0.4, -0.2) is 43.5 Å². The molecule has 2 amide bonds. The van der Waals surface area contributed by atoms with E-state index in [4.69, 9.17) is 14.2 Å². The van der Waals surface area contributed by atoms with Crippen molar-refractivity contribution in [2.24, 2.45) is 0 Å². The molecule has 0 aliphatic carbocycles. The summed E-state index contributed by atoms with van der Waals surface area (Å²) in [7, 11) is 2.83. The van der Waals surface area contributed by atoms with Gasteiger partial charge in [-0.1, -0.05) is 0 Å². The van der Waals surface area contributed by atoms with E-state index in [2.05, 4.69) is 10.9 Å². The third-order valence-electron chi connectivity index (χ3n) is 3.62. The minimum absolute atomic E-state index is 0.0934. The quantitative estimate of drug-likeness (QED) is 0.399. The number of nitro groups is 1. The van der Waals surface area contributed by atoms with E-state index in [0.29, 0.717) is 5.75 Å². The number of carbonyl (C=O) groups excluding carboxylic acids is 3. The van der Waals surface area contributed by atoms with Crippen molar-refractivity contribution < 1.29 is 33.5 Å². The lowest BCUT2D eigenvalue weighted by atomic mass is 10.2. The summed E-state index contributed by atoms with van der Waals surface area (Å²) >= 11 is 0. The van der Waals surface area contributed by atoms with Crippen LogP contribution in [0, 0.1) is 10.1 Å². The minimum atomic E-state index is -0.804. The van der Waals surface area contributed by atoms with Gasteiger partial charge in [-0.25, -0.2) is 4.79 Å². The first-order valence-corrected chi connectivity index (χ1v) is 8.08. The molecule has 0 aliphatic rings. The molecular weight excluding hydrogens is 386 g/mol. The Hall–Kier alpha value is -4.15. The maximum absolute atomic E-state index is 12.1. The summed E-state index contributed by atoms with van der Waals surface area (Å²) in [6.45, 7) is -0.658. The SMILES string of the molecule is COc1ccc(C(=O)OCC(=O)NNC(=O)c2ccc([N+](=O)[O-])cc2)c(OC)c1. The number of ether oxygens (including phenoxy) is 3. The van der Waals surface area contributed by atoms with Crippen LogP contribution in [0.25, 0.3) is 0 Å². The molecule has 0 saturated carbocycles. The molecule has 0 saturated heterocycles. The molecule has 0 radical (unpaired) electrons. The van der Waals surface area contributed by atoms with Gasteiger partial charge in [0.15, 0.2) is 6.61 Å². The summed E-state index contributed by atoms with van der Waals surface area (Å²) in [6, 6.07) is 9.21. The fraction of sp³-hybridized carbons (Fsp3) is 0.167. The maximum atomic E-state index is 12.1. The van der Waals surface area contributed by atoms with Gasteiger partial charge in [-0.05, 0) is 24.3 Å². The molecular formula is C18H17N3O8. The third-order valence-corrected chi connectivity index (χ3v) is 3.62. The second kappa shape index (κ2) is 9.69. The minimum Gasteiger partial charge on any atom is -0.497 e. The van der Waals surface area contributed by atoms with Crippen LogP contribution in [0.1, 0.15) is 20.7 Å². The Labute approximate surface area is 164 Å². The predicted octanol–water partition coefficient (Wildman–Crippen LogP) is 1.23. The van der Waals surface area contributed by atoms with Gasteiger partial charge in [-0.3, -0.25) is 30.6 Å². The third kappa shape index (κ3) is 5.66. The van der Waals surface area contributed by atoms with Crippen molar-refractivity contribution in [1.82, 2.24) is 10.9 Å². The number of non-ortho nitro benzene ring substituents is 1. The van der Waals surface area contributed by atoms with Crippen LogP contribution < -0.4 is 20.3 Å². The summed E-state index contributed by atoms with van der Waals surface area (Å²) in [5, 5.41) is 10.6. The van der Waals surface area contributed by atoms with Crippen molar-refractivity contribution in [3.63, 3.8) is 0 Å². The molecule has 0 aliphatic heterocycles. The molecule has 2 N–H and O–H groups in total. The first-order chi connectivity index (χ1) is 13.8. The average molecular weight is 403 g/mol. The number of hydrogen-bond donors (Lipinski definition) is 2. The number of nitrogens with zero attached hydrogens (tertiary/aromatic N) is 1. The number of nitro benzene ring substituents is 1. The van der Waals surface area contributed by atoms with E-state index in [0.717, 1.165) is 12.1 Å². The Kier molecular flexibility index (Phi) is 7.07. The largest absolute Gasteiger partial charge is 0.497 e. The number of hydrazine groups is 1. The highest BCUT2D eigenvalue weighted by Gasteiger charge is 2.17. The van der Waals surface area contributed by atoms with Crippen LogP contribution in [0.5, 0.6) is 11.5 Å². The number of carbonyl (C=O) groups is 3. The van der Waals surface area contributed by atoms with Gasteiger partial charge in [0.2, 0.25) is 0 Å². The van der Waals surface area contributed by atoms with Crippen LogP contribution in [-0.2, 0) is 9.53 Å². The van der Waals surface area contributed by atoms with E-state index in [1.165, 1.54) is 44.6 Å². The van der Waals surface area contributed by atoms with E-state index in [-0.39, 0.29) is 22.6 Å². The molecule has 0 unspecified atom stereocenters. The molecule has 0 atom stereocenters. The smallest absolute Gasteiger partial charge is 0.342 e. The zero-order valence-electron chi connectivity index (χ0n) is 15.5. The molecule has 0 heterocycles. The van der Waals surface area contributed by atoms with Crippen LogP contribution in [0.15, 0.2) is 42.5 Å². The number of amides is 2. The number of hydrogen-bond acceptors (Lipinski definition) is 8. The van der Waals surface area contributed by atoms with Gasteiger partial charge in [-0.2, -0.15) is 0 Å². The Morgan fingerprint density at radius 1 is 1.00 bits per heavy atom. The number of benzene rings is 2. The molecule has 2 aromatic carbocycles. The van der Waals surface area contributed by atoms with Crippen LogP contribution in [0.2, 0.25) is 0 Å². The van der Waals surface area contributed by atoms with Crippen LogP contribution >= 0.6 is 0 Å². The number of esters is 1. The first-order valence-electron chi connectivity index (χ1n) is 8.08. The van der Waals surface area contributed by atoms with E-state index >= 15 is 0 Å². The second-order valence-corrected chi connectivity index (χ2v) is 5.45. The predicted molar refractivity (Wildman–Crippen MR) is 98.5 cm³/mol. The first kappa shape index (κ1) is 21.2. The summed E-state index contributed by atoms with van der Waals surface area (Å²) in [5.74, 6) is -1.61. The molecule has 2 rings (SSSR count). The van der Waals surface area contributed by atoms with Crippen molar-refractivity contribution in [1.29, 1.82) is 0 Å². The van der Waals surface area contributed by atoms with Crippen molar-refractivity contribution in [2.75, 3.05) is 20.8 Å². The zero-order valence-corrected chi connectivity index (χ0v) is 15.5.